The smallest absolute Gasteiger partial charge is 0.278 e. The van der Waals surface area contributed by atoms with Crippen LogP contribution in [0.5, 0.6) is 0 Å². The summed E-state index contributed by atoms with van der Waals surface area (Å²) in [6, 6.07) is 22.6. The molecule has 5 rings (SSSR count). The summed E-state index contributed by atoms with van der Waals surface area (Å²) in [6.07, 6.45) is 1.54. The third-order valence-electron chi connectivity index (χ3n) is 5.67. The van der Waals surface area contributed by atoms with E-state index in [1.54, 1.807) is 10.6 Å². The van der Waals surface area contributed by atoms with Crippen molar-refractivity contribution in [3.8, 4) is 0 Å². The number of aryl methyl sites for hydroxylation is 1. The lowest BCUT2D eigenvalue weighted by atomic mass is 10.2. The van der Waals surface area contributed by atoms with Crippen molar-refractivity contribution >= 4 is 45.1 Å². The Morgan fingerprint density at radius 1 is 1.00 bits per heavy atom. The van der Waals surface area contributed by atoms with Gasteiger partial charge in [0.05, 0.1) is 18.4 Å². The van der Waals surface area contributed by atoms with Crippen LogP contribution in [0.1, 0.15) is 11.1 Å². The van der Waals surface area contributed by atoms with Crippen molar-refractivity contribution in [1.82, 2.24) is 14.1 Å². The number of benzene rings is 3. The monoisotopic (exact) mass is 456 g/mol. The van der Waals surface area contributed by atoms with Crippen LogP contribution in [0.4, 0.5) is 5.69 Å². The quantitative estimate of drug-likeness (QED) is 0.404. The molecule has 0 aliphatic heterocycles. The minimum Gasteiger partial charge on any atom is -0.325 e. The number of rotatable bonds is 5. The number of nitrogens with one attached hydrogen (secondary N) is 1. The maximum Gasteiger partial charge on any atom is 0.278 e. The number of hydrogen-bond acceptors (Lipinski definition) is 3. The number of hydrogen-bond donors (Lipinski definition) is 1. The summed E-state index contributed by atoms with van der Waals surface area (Å²) in [5, 5.41) is 4.33. The Kier molecular flexibility index (Phi) is 5.44. The molecule has 0 radical (unpaired) electrons. The van der Waals surface area contributed by atoms with Gasteiger partial charge in [0.15, 0.2) is 0 Å². The molecule has 33 heavy (non-hydrogen) atoms. The van der Waals surface area contributed by atoms with E-state index < -0.39 is 0 Å². The molecular formula is C26H21ClN4O2. The van der Waals surface area contributed by atoms with Crippen molar-refractivity contribution in [2.75, 3.05) is 5.32 Å². The Balaban J connectivity index is 1.58. The summed E-state index contributed by atoms with van der Waals surface area (Å²) in [5.74, 6) is -0.220. The van der Waals surface area contributed by atoms with Crippen molar-refractivity contribution in [1.29, 1.82) is 0 Å². The summed E-state index contributed by atoms with van der Waals surface area (Å²) >= 11 is 6.30. The summed E-state index contributed by atoms with van der Waals surface area (Å²) in [4.78, 5) is 31.0. The molecule has 0 bridgehead atoms. The first-order chi connectivity index (χ1) is 16.0. The van der Waals surface area contributed by atoms with E-state index >= 15 is 0 Å². The van der Waals surface area contributed by atoms with E-state index in [0.29, 0.717) is 28.3 Å². The van der Waals surface area contributed by atoms with Gasteiger partial charge >= 0.3 is 0 Å². The van der Waals surface area contributed by atoms with Crippen LogP contribution in [0, 0.1) is 6.92 Å². The van der Waals surface area contributed by atoms with Gasteiger partial charge in [0, 0.05) is 16.1 Å². The molecule has 0 atom stereocenters. The van der Waals surface area contributed by atoms with Crippen LogP contribution in [0.2, 0.25) is 5.02 Å². The molecule has 3 aromatic carbocycles. The first-order valence-electron chi connectivity index (χ1n) is 10.6. The van der Waals surface area contributed by atoms with Gasteiger partial charge in [-0.25, -0.2) is 4.98 Å². The summed E-state index contributed by atoms with van der Waals surface area (Å²) in [6.45, 7) is 2.27. The molecule has 0 unspecified atom stereocenters. The molecule has 1 N–H and O–H groups in total. The van der Waals surface area contributed by atoms with Crippen molar-refractivity contribution in [2.24, 2.45) is 0 Å². The number of aromatic nitrogens is 3. The predicted octanol–water partition coefficient (Wildman–Crippen LogP) is 5.00. The first-order valence-corrected chi connectivity index (χ1v) is 11.0. The summed E-state index contributed by atoms with van der Waals surface area (Å²) in [5.41, 5.74) is 4.17. The second-order valence-electron chi connectivity index (χ2n) is 7.98. The summed E-state index contributed by atoms with van der Waals surface area (Å²) in [7, 11) is 0. The molecule has 0 fully saturated rings. The zero-order chi connectivity index (χ0) is 22.9. The van der Waals surface area contributed by atoms with E-state index in [4.69, 9.17) is 11.6 Å². The first kappa shape index (κ1) is 21.0. The van der Waals surface area contributed by atoms with Crippen LogP contribution in [-0.4, -0.2) is 20.0 Å². The molecule has 7 heteroatoms. The molecule has 0 aliphatic carbocycles. The highest BCUT2D eigenvalue weighted by Gasteiger charge is 2.18. The Morgan fingerprint density at radius 3 is 2.52 bits per heavy atom. The number of carbonyl (C=O) groups excluding carboxylic acids is 1. The third-order valence-corrected chi connectivity index (χ3v) is 6.04. The molecule has 0 spiro atoms. The lowest BCUT2D eigenvalue weighted by molar-refractivity contribution is -0.116. The third kappa shape index (κ3) is 4.01. The number of fused-ring (bicyclic) bond motifs is 3. The van der Waals surface area contributed by atoms with E-state index in [2.05, 4.69) is 10.3 Å². The average Bonchev–Trinajstić information content (AvgIpc) is 3.13. The zero-order valence-corrected chi connectivity index (χ0v) is 18.7. The molecule has 0 aliphatic rings. The molecule has 6 nitrogen and oxygen atoms in total. The van der Waals surface area contributed by atoms with Gasteiger partial charge in [-0.2, -0.15) is 0 Å². The minimum absolute atomic E-state index is 0.00901. The lowest BCUT2D eigenvalue weighted by Gasteiger charge is -2.10. The van der Waals surface area contributed by atoms with Crippen LogP contribution >= 0.6 is 11.6 Å². The Morgan fingerprint density at radius 2 is 1.73 bits per heavy atom. The number of anilines is 1. The molecule has 0 saturated carbocycles. The highest BCUT2D eigenvalue weighted by molar-refractivity contribution is 6.31. The maximum absolute atomic E-state index is 13.5. The number of nitrogens with zero attached hydrogens (tertiary/aromatic N) is 3. The van der Waals surface area contributed by atoms with Crippen LogP contribution in [-0.2, 0) is 17.9 Å². The van der Waals surface area contributed by atoms with E-state index in [0.717, 1.165) is 22.0 Å². The van der Waals surface area contributed by atoms with Gasteiger partial charge in [0.25, 0.3) is 5.56 Å². The lowest BCUT2D eigenvalue weighted by Crippen LogP contribution is -2.25. The van der Waals surface area contributed by atoms with Gasteiger partial charge in [-0.15, -0.1) is 0 Å². The van der Waals surface area contributed by atoms with Gasteiger partial charge in [0.2, 0.25) is 5.91 Å². The van der Waals surface area contributed by atoms with E-state index in [9.17, 15) is 9.59 Å². The van der Waals surface area contributed by atoms with Crippen molar-refractivity contribution in [3.05, 3.63) is 106 Å². The topological polar surface area (TPSA) is 68.9 Å². The summed E-state index contributed by atoms with van der Waals surface area (Å²) < 4.78 is 3.27. The van der Waals surface area contributed by atoms with Gasteiger partial charge in [-0.05, 0) is 36.8 Å². The second-order valence-corrected chi connectivity index (χ2v) is 8.39. The molecular weight excluding hydrogens is 436 g/mol. The fraction of sp³-hybridized carbons (Fsp3) is 0.115. The zero-order valence-electron chi connectivity index (χ0n) is 18.0. The van der Waals surface area contributed by atoms with Gasteiger partial charge in [-0.1, -0.05) is 65.7 Å². The number of carbonyl (C=O) groups is 1. The highest BCUT2D eigenvalue weighted by Crippen LogP contribution is 2.25. The number of amides is 1. The van der Waals surface area contributed by atoms with Crippen molar-refractivity contribution in [2.45, 2.75) is 20.0 Å². The standard InChI is InChI=1S/C26H21ClN4O2/c1-17-10-12-19(13-11-17)29-23(32)15-31-22-9-5-3-7-20(22)24-25(31)26(33)30(16-28-24)14-18-6-2-4-8-21(18)27/h2-13,16H,14-15H2,1H3,(H,29,32). The molecule has 2 aromatic heterocycles. The highest BCUT2D eigenvalue weighted by atomic mass is 35.5. The normalized spacial score (nSPS) is 11.2. The fourth-order valence-corrected chi connectivity index (χ4v) is 4.21. The molecule has 164 valence electrons. The molecule has 0 saturated heterocycles. The number of halogens is 1. The second kappa shape index (κ2) is 8.56. The Bertz CT molecular complexity index is 1550. The Hall–Kier alpha value is -3.90. The van der Waals surface area contributed by atoms with E-state index in [-0.39, 0.29) is 18.0 Å². The van der Waals surface area contributed by atoms with Gasteiger partial charge in [0.1, 0.15) is 17.6 Å². The van der Waals surface area contributed by atoms with Crippen molar-refractivity contribution in [3.63, 3.8) is 0 Å². The minimum atomic E-state index is -0.223. The van der Waals surface area contributed by atoms with Crippen LogP contribution in [0.15, 0.2) is 83.9 Å². The molecule has 1 amide bonds. The number of para-hydroxylation sites is 1. The van der Waals surface area contributed by atoms with Crippen LogP contribution in [0.3, 0.4) is 0 Å². The largest absolute Gasteiger partial charge is 0.325 e. The van der Waals surface area contributed by atoms with E-state index in [1.165, 1.54) is 10.9 Å². The van der Waals surface area contributed by atoms with Crippen LogP contribution in [0.25, 0.3) is 21.9 Å². The van der Waals surface area contributed by atoms with Crippen LogP contribution < -0.4 is 10.9 Å². The van der Waals surface area contributed by atoms with Crippen molar-refractivity contribution < 1.29 is 4.79 Å². The van der Waals surface area contributed by atoms with E-state index in [1.807, 2.05) is 73.7 Å². The van der Waals surface area contributed by atoms with Gasteiger partial charge < -0.3 is 9.88 Å². The predicted molar refractivity (Wildman–Crippen MR) is 132 cm³/mol. The SMILES string of the molecule is Cc1ccc(NC(=O)Cn2c3ccccc3c3ncn(Cc4ccccc4Cl)c(=O)c32)cc1. The Labute approximate surface area is 195 Å². The maximum atomic E-state index is 13.5. The van der Waals surface area contributed by atoms with Gasteiger partial charge in [-0.3, -0.25) is 14.2 Å². The molecule has 2 heterocycles. The fourth-order valence-electron chi connectivity index (χ4n) is 4.02. The average molecular weight is 457 g/mol. The molecule has 5 aromatic rings.